The number of methoxy groups -OCH3 is 1. The molecule has 0 radical (unpaired) electrons. The topological polar surface area (TPSA) is 64.1 Å². The third-order valence-corrected chi connectivity index (χ3v) is 3.58. The zero-order valence-corrected chi connectivity index (χ0v) is 12.0. The Balaban J connectivity index is 2.03. The molecule has 100 valence electrons. The number of aromatic nitrogens is 2. The van der Waals surface area contributed by atoms with E-state index in [1.165, 1.54) is 0 Å². The molecule has 5 nitrogen and oxygen atoms in total. The minimum absolute atomic E-state index is 0.138. The van der Waals surface area contributed by atoms with E-state index in [0.29, 0.717) is 0 Å². The second-order valence-electron chi connectivity index (χ2n) is 3.83. The Morgan fingerprint density at radius 3 is 2.58 bits per heavy atom. The molecular weight excluding hydrogens is 286 g/mol. The van der Waals surface area contributed by atoms with E-state index in [-0.39, 0.29) is 21.4 Å². The van der Waals surface area contributed by atoms with E-state index >= 15 is 0 Å². The predicted molar refractivity (Wildman–Crippen MR) is 73.8 cm³/mol. The molecule has 1 atom stereocenters. The van der Waals surface area contributed by atoms with Gasteiger partial charge in [-0.25, -0.2) is 0 Å². The Morgan fingerprint density at radius 1 is 1.37 bits per heavy atom. The Kier molecular flexibility index (Phi) is 4.34. The first-order chi connectivity index (χ1) is 9.10. The predicted octanol–water partition coefficient (Wildman–Crippen LogP) is 2.69. The van der Waals surface area contributed by atoms with Gasteiger partial charge in [0.15, 0.2) is 0 Å². The van der Waals surface area contributed by atoms with Crippen LogP contribution in [0.1, 0.15) is 28.3 Å². The minimum atomic E-state index is -0.285. The molecule has 2 aromatic rings. The number of halogens is 1. The molecule has 0 fully saturated rings. The number of hydrogen-bond acceptors (Lipinski definition) is 5. The molecule has 1 aromatic heterocycles. The van der Waals surface area contributed by atoms with Crippen molar-refractivity contribution in [3.8, 4) is 5.75 Å². The normalized spacial score (nSPS) is 11.9. The van der Waals surface area contributed by atoms with Crippen molar-refractivity contribution in [3.63, 3.8) is 0 Å². The standard InChI is InChI=1S/C12H12ClN3O2S/c1-7(8-3-5-9(18-2)6-4-8)14-10(17)11-15-16-12(13)19-11/h3-7H,1-2H3,(H,14,17). The van der Waals surface area contributed by atoms with E-state index in [1.807, 2.05) is 31.2 Å². The third-order valence-electron chi connectivity index (χ3n) is 2.56. The van der Waals surface area contributed by atoms with E-state index in [9.17, 15) is 4.79 Å². The van der Waals surface area contributed by atoms with Gasteiger partial charge < -0.3 is 10.1 Å². The summed E-state index contributed by atoms with van der Waals surface area (Å²) < 4.78 is 5.34. The summed E-state index contributed by atoms with van der Waals surface area (Å²) in [5.74, 6) is 0.492. The molecule has 1 N–H and O–H groups in total. The Labute approximate surface area is 119 Å². The fraction of sp³-hybridized carbons (Fsp3) is 0.250. The molecule has 0 saturated heterocycles. The quantitative estimate of drug-likeness (QED) is 0.942. The smallest absolute Gasteiger partial charge is 0.282 e. The van der Waals surface area contributed by atoms with Crippen LogP contribution in [0, 0.1) is 0 Å². The van der Waals surface area contributed by atoms with Crippen molar-refractivity contribution >= 4 is 28.8 Å². The fourth-order valence-corrected chi connectivity index (χ4v) is 2.26. The number of benzene rings is 1. The summed E-state index contributed by atoms with van der Waals surface area (Å²) in [6.07, 6.45) is 0. The highest BCUT2D eigenvalue weighted by Gasteiger charge is 2.15. The average molecular weight is 298 g/mol. The number of nitrogens with zero attached hydrogens (tertiary/aromatic N) is 2. The lowest BCUT2D eigenvalue weighted by molar-refractivity contribution is 0.0939. The van der Waals surface area contributed by atoms with Gasteiger partial charge in [-0.1, -0.05) is 23.5 Å². The van der Waals surface area contributed by atoms with Crippen LogP contribution < -0.4 is 10.1 Å². The van der Waals surface area contributed by atoms with Crippen LogP contribution in [-0.4, -0.2) is 23.2 Å². The molecular formula is C12H12ClN3O2S. The fourth-order valence-electron chi connectivity index (χ4n) is 1.53. The molecule has 0 bridgehead atoms. The van der Waals surface area contributed by atoms with E-state index in [4.69, 9.17) is 16.3 Å². The van der Waals surface area contributed by atoms with Crippen LogP contribution in [0.3, 0.4) is 0 Å². The number of ether oxygens (including phenoxy) is 1. The molecule has 1 aromatic carbocycles. The van der Waals surface area contributed by atoms with Crippen molar-refractivity contribution in [1.82, 2.24) is 15.5 Å². The van der Waals surface area contributed by atoms with Gasteiger partial charge in [-0.2, -0.15) is 0 Å². The largest absolute Gasteiger partial charge is 0.497 e. The van der Waals surface area contributed by atoms with Crippen LogP contribution in [0.5, 0.6) is 5.75 Å². The molecule has 2 rings (SSSR count). The molecule has 0 aliphatic carbocycles. The van der Waals surface area contributed by atoms with Crippen molar-refractivity contribution in [1.29, 1.82) is 0 Å². The molecule has 1 amide bonds. The van der Waals surface area contributed by atoms with Gasteiger partial charge in [0.25, 0.3) is 5.91 Å². The number of nitrogens with one attached hydrogen (secondary N) is 1. The van der Waals surface area contributed by atoms with Crippen LogP contribution in [0.25, 0.3) is 0 Å². The van der Waals surface area contributed by atoms with Gasteiger partial charge in [-0.3, -0.25) is 4.79 Å². The average Bonchev–Trinajstić information content (AvgIpc) is 2.85. The summed E-state index contributed by atoms with van der Waals surface area (Å²) >= 11 is 6.69. The summed E-state index contributed by atoms with van der Waals surface area (Å²) in [6, 6.07) is 7.36. The lowest BCUT2D eigenvalue weighted by Crippen LogP contribution is -2.26. The van der Waals surface area contributed by atoms with E-state index in [2.05, 4.69) is 15.5 Å². The molecule has 1 unspecified atom stereocenters. The first-order valence-electron chi connectivity index (χ1n) is 5.54. The molecule has 0 aliphatic rings. The number of rotatable bonds is 4. The SMILES string of the molecule is COc1ccc(C(C)NC(=O)c2nnc(Cl)s2)cc1. The van der Waals surface area contributed by atoms with Gasteiger partial charge in [0.05, 0.1) is 13.2 Å². The monoisotopic (exact) mass is 297 g/mol. The number of carbonyl (C=O) groups excluding carboxylic acids is 1. The van der Waals surface area contributed by atoms with E-state index in [1.54, 1.807) is 7.11 Å². The molecule has 0 saturated carbocycles. The van der Waals surface area contributed by atoms with Crippen LogP contribution in [0.2, 0.25) is 4.47 Å². The zero-order valence-electron chi connectivity index (χ0n) is 10.4. The first kappa shape index (κ1) is 13.8. The van der Waals surface area contributed by atoms with Crippen molar-refractivity contribution < 1.29 is 9.53 Å². The summed E-state index contributed by atoms with van der Waals surface area (Å²) in [5, 5.41) is 10.4. The highest BCUT2D eigenvalue weighted by Crippen LogP contribution is 2.19. The molecule has 19 heavy (non-hydrogen) atoms. The molecule has 7 heteroatoms. The van der Waals surface area contributed by atoms with Gasteiger partial charge in [0.1, 0.15) is 5.75 Å². The van der Waals surface area contributed by atoms with Crippen molar-refractivity contribution in [3.05, 3.63) is 39.3 Å². The van der Waals surface area contributed by atoms with Crippen LogP contribution in [0.4, 0.5) is 0 Å². The maximum absolute atomic E-state index is 11.9. The Hall–Kier alpha value is -1.66. The first-order valence-corrected chi connectivity index (χ1v) is 6.73. The van der Waals surface area contributed by atoms with Crippen molar-refractivity contribution in [2.75, 3.05) is 7.11 Å². The molecule has 0 spiro atoms. The maximum Gasteiger partial charge on any atom is 0.282 e. The number of carbonyl (C=O) groups is 1. The highest BCUT2D eigenvalue weighted by molar-refractivity contribution is 7.17. The Morgan fingerprint density at radius 2 is 2.05 bits per heavy atom. The van der Waals surface area contributed by atoms with Gasteiger partial charge in [-0.05, 0) is 36.2 Å². The van der Waals surface area contributed by atoms with Crippen molar-refractivity contribution in [2.45, 2.75) is 13.0 Å². The van der Waals surface area contributed by atoms with E-state index < -0.39 is 0 Å². The zero-order chi connectivity index (χ0) is 13.8. The molecule has 1 heterocycles. The lowest BCUT2D eigenvalue weighted by atomic mass is 10.1. The Bertz CT molecular complexity index is 571. The third kappa shape index (κ3) is 3.42. The second-order valence-corrected chi connectivity index (χ2v) is 5.39. The maximum atomic E-state index is 11.9. The van der Waals surface area contributed by atoms with Crippen LogP contribution in [0.15, 0.2) is 24.3 Å². The summed E-state index contributed by atoms with van der Waals surface area (Å²) in [5.41, 5.74) is 0.977. The van der Waals surface area contributed by atoms with Gasteiger partial charge in [0, 0.05) is 0 Å². The second kappa shape index (κ2) is 5.99. The van der Waals surface area contributed by atoms with Gasteiger partial charge >= 0.3 is 0 Å². The van der Waals surface area contributed by atoms with Gasteiger partial charge in [0.2, 0.25) is 9.47 Å². The summed E-state index contributed by atoms with van der Waals surface area (Å²) in [6.45, 7) is 1.89. The van der Waals surface area contributed by atoms with Crippen LogP contribution >= 0.6 is 22.9 Å². The summed E-state index contributed by atoms with van der Waals surface area (Å²) in [4.78, 5) is 11.9. The van der Waals surface area contributed by atoms with Gasteiger partial charge in [-0.15, -0.1) is 10.2 Å². The van der Waals surface area contributed by atoms with Crippen LogP contribution in [-0.2, 0) is 0 Å². The van der Waals surface area contributed by atoms with E-state index in [0.717, 1.165) is 22.6 Å². The summed E-state index contributed by atoms with van der Waals surface area (Å²) in [7, 11) is 1.61. The lowest BCUT2D eigenvalue weighted by Gasteiger charge is -2.13. The van der Waals surface area contributed by atoms with Crippen molar-refractivity contribution in [2.24, 2.45) is 0 Å². The minimum Gasteiger partial charge on any atom is -0.497 e. The number of amides is 1. The number of hydrogen-bond donors (Lipinski definition) is 1. The highest BCUT2D eigenvalue weighted by atomic mass is 35.5. The molecule has 0 aliphatic heterocycles.